The summed E-state index contributed by atoms with van der Waals surface area (Å²) in [6.45, 7) is 1.69. The van der Waals surface area contributed by atoms with Crippen LogP contribution in [0, 0.1) is 0 Å². The highest BCUT2D eigenvalue weighted by Crippen LogP contribution is 2.39. The molecule has 0 spiro atoms. The zero-order valence-electron chi connectivity index (χ0n) is 11.0. The van der Waals surface area contributed by atoms with Crippen molar-refractivity contribution in [3.05, 3.63) is 27.9 Å². The predicted molar refractivity (Wildman–Crippen MR) is 76.5 cm³/mol. The first-order chi connectivity index (χ1) is 10.2. The number of esters is 1. The molecule has 1 aromatic rings. The predicted octanol–water partition coefficient (Wildman–Crippen LogP) is 3.73. The van der Waals surface area contributed by atoms with Gasteiger partial charge in [-0.15, -0.1) is 0 Å². The maximum Gasteiger partial charge on any atom is 0.447 e. The summed E-state index contributed by atoms with van der Waals surface area (Å²) in [5.74, 6) is -2.34. The number of aromatic nitrogens is 1. The number of aromatic carboxylic acids is 1. The van der Waals surface area contributed by atoms with Gasteiger partial charge in [0.1, 0.15) is 10.6 Å². The Bertz CT molecular complexity index is 619. The minimum Gasteiger partial charge on any atom is -0.478 e. The number of alkyl halides is 3. The molecular formula is C12H9BrF3NO4S. The Morgan fingerprint density at radius 2 is 2.14 bits per heavy atom. The monoisotopic (exact) mass is 399 g/mol. The van der Waals surface area contributed by atoms with E-state index in [0.717, 1.165) is 18.3 Å². The molecule has 0 aliphatic carbocycles. The molecule has 0 atom stereocenters. The Morgan fingerprint density at radius 3 is 2.64 bits per heavy atom. The smallest absolute Gasteiger partial charge is 0.447 e. The quantitative estimate of drug-likeness (QED) is 0.461. The van der Waals surface area contributed by atoms with Gasteiger partial charge < -0.3 is 9.84 Å². The molecule has 0 aliphatic rings. The molecule has 0 aromatic carbocycles. The van der Waals surface area contributed by atoms with Crippen LogP contribution in [0.1, 0.15) is 22.8 Å². The van der Waals surface area contributed by atoms with Gasteiger partial charge in [-0.05, 0) is 28.9 Å². The highest BCUT2D eigenvalue weighted by molar-refractivity contribution is 9.10. The van der Waals surface area contributed by atoms with Gasteiger partial charge in [0, 0.05) is 34.1 Å². The van der Waals surface area contributed by atoms with Crippen molar-refractivity contribution in [1.82, 2.24) is 4.98 Å². The molecule has 1 heterocycles. The van der Waals surface area contributed by atoms with E-state index in [1.54, 1.807) is 6.92 Å². The van der Waals surface area contributed by atoms with Crippen LogP contribution in [0.5, 0.6) is 0 Å². The average molecular weight is 400 g/mol. The Kier molecular flexibility index (Phi) is 6.42. The summed E-state index contributed by atoms with van der Waals surface area (Å²) in [5.41, 5.74) is -5.45. The Balaban J connectivity index is 3.33. The van der Waals surface area contributed by atoms with Gasteiger partial charge in [0.2, 0.25) is 0 Å². The molecule has 0 amide bonds. The largest absolute Gasteiger partial charge is 0.478 e. The number of carboxylic acid groups (broad SMARTS) is 1. The van der Waals surface area contributed by atoms with Gasteiger partial charge in [-0.1, -0.05) is 0 Å². The summed E-state index contributed by atoms with van der Waals surface area (Å²) in [6.07, 6.45) is 3.02. The number of thioether (sulfide) groups is 1. The fraction of sp³-hybridized carbons (Fsp3) is 0.250. The van der Waals surface area contributed by atoms with E-state index in [0.29, 0.717) is 0 Å². The van der Waals surface area contributed by atoms with Crippen molar-refractivity contribution in [3.63, 3.8) is 0 Å². The lowest BCUT2D eigenvalue weighted by Crippen LogP contribution is -2.09. The number of nitrogens with zero attached hydrogens (tertiary/aromatic N) is 1. The van der Waals surface area contributed by atoms with Crippen LogP contribution in [-0.2, 0) is 9.53 Å². The Hall–Kier alpha value is -1.55. The van der Waals surface area contributed by atoms with Gasteiger partial charge in [-0.25, -0.2) is 14.6 Å². The third-order valence-corrected chi connectivity index (χ3v) is 3.50. The summed E-state index contributed by atoms with van der Waals surface area (Å²) in [7, 11) is 0. The zero-order valence-corrected chi connectivity index (χ0v) is 13.4. The number of carbonyl (C=O) groups excluding carboxylic acids is 1. The Labute approximate surface area is 135 Å². The summed E-state index contributed by atoms with van der Waals surface area (Å²) in [5, 5.41) is 8.43. The van der Waals surface area contributed by atoms with Crippen molar-refractivity contribution >= 4 is 45.7 Å². The molecule has 0 bridgehead atoms. The summed E-state index contributed by atoms with van der Waals surface area (Å²) in [6, 6.07) is 0. The number of carbonyl (C=O) groups is 2. The molecule has 1 N–H and O–H groups in total. The van der Waals surface area contributed by atoms with E-state index in [1.807, 2.05) is 0 Å². The molecule has 5 nitrogen and oxygen atoms in total. The van der Waals surface area contributed by atoms with E-state index in [1.165, 1.54) is 0 Å². The second kappa shape index (κ2) is 7.63. The summed E-state index contributed by atoms with van der Waals surface area (Å²) in [4.78, 5) is 26.0. The molecule has 120 valence electrons. The number of carboxylic acids is 1. The standard InChI is InChI=1S/C12H9BrF3NO4S/c1-2-21-8(18)4-3-6-7(13)5-17-10(9(6)11(19)20)22-12(14,15)16/h3-5H,2H2,1H3,(H,19,20)/b4-3+. The number of ether oxygens (including phenoxy) is 1. The third-order valence-electron chi connectivity index (χ3n) is 2.13. The van der Waals surface area contributed by atoms with E-state index in [-0.39, 0.29) is 16.6 Å². The van der Waals surface area contributed by atoms with Crippen LogP contribution < -0.4 is 0 Å². The minimum atomic E-state index is -4.69. The molecule has 10 heteroatoms. The Morgan fingerprint density at radius 1 is 1.50 bits per heavy atom. The maximum atomic E-state index is 12.5. The van der Waals surface area contributed by atoms with E-state index < -0.39 is 39.8 Å². The molecule has 0 saturated heterocycles. The van der Waals surface area contributed by atoms with Crippen LogP contribution >= 0.6 is 27.7 Å². The van der Waals surface area contributed by atoms with Gasteiger partial charge in [-0.3, -0.25) is 0 Å². The third kappa shape index (κ3) is 5.34. The lowest BCUT2D eigenvalue weighted by Gasteiger charge is -2.11. The van der Waals surface area contributed by atoms with Crippen LogP contribution in [0.25, 0.3) is 6.08 Å². The minimum absolute atomic E-state index is 0.109. The van der Waals surface area contributed by atoms with Crippen molar-refractivity contribution in [3.8, 4) is 0 Å². The first-order valence-electron chi connectivity index (χ1n) is 5.68. The van der Waals surface area contributed by atoms with Crippen molar-refractivity contribution < 1.29 is 32.6 Å². The van der Waals surface area contributed by atoms with Crippen molar-refractivity contribution in [2.24, 2.45) is 0 Å². The van der Waals surface area contributed by atoms with E-state index in [2.05, 4.69) is 25.7 Å². The lowest BCUT2D eigenvalue weighted by atomic mass is 10.1. The van der Waals surface area contributed by atoms with Crippen LogP contribution in [0.4, 0.5) is 13.2 Å². The molecule has 0 fully saturated rings. The van der Waals surface area contributed by atoms with E-state index in [4.69, 9.17) is 5.11 Å². The van der Waals surface area contributed by atoms with Gasteiger partial charge in [-0.2, -0.15) is 13.2 Å². The van der Waals surface area contributed by atoms with Crippen LogP contribution in [0.15, 0.2) is 21.8 Å². The molecule has 1 rings (SSSR count). The summed E-state index contributed by atoms with van der Waals surface area (Å²) < 4.78 is 42.1. The SMILES string of the molecule is CCOC(=O)/C=C/c1c(Br)cnc(SC(F)(F)F)c1C(=O)O. The molecule has 22 heavy (non-hydrogen) atoms. The molecule has 0 aliphatic heterocycles. The summed E-state index contributed by atoms with van der Waals surface area (Å²) >= 11 is 2.36. The van der Waals surface area contributed by atoms with Crippen LogP contribution in [0.3, 0.4) is 0 Å². The van der Waals surface area contributed by atoms with E-state index >= 15 is 0 Å². The number of hydrogen-bond acceptors (Lipinski definition) is 5. The highest BCUT2D eigenvalue weighted by Gasteiger charge is 2.33. The topological polar surface area (TPSA) is 76.5 Å². The number of hydrogen-bond donors (Lipinski definition) is 1. The van der Waals surface area contributed by atoms with Crippen molar-refractivity contribution in [2.75, 3.05) is 6.61 Å². The molecule has 0 radical (unpaired) electrons. The first-order valence-corrected chi connectivity index (χ1v) is 7.29. The second-order valence-electron chi connectivity index (χ2n) is 3.64. The van der Waals surface area contributed by atoms with E-state index in [9.17, 15) is 22.8 Å². The normalized spacial score (nSPS) is 11.7. The van der Waals surface area contributed by atoms with Crippen LogP contribution in [-0.4, -0.2) is 34.1 Å². The van der Waals surface area contributed by atoms with Gasteiger partial charge >= 0.3 is 17.4 Å². The number of pyridine rings is 1. The fourth-order valence-electron chi connectivity index (χ4n) is 1.38. The fourth-order valence-corrected chi connectivity index (χ4v) is 2.44. The molecular weight excluding hydrogens is 391 g/mol. The molecule has 1 aromatic heterocycles. The van der Waals surface area contributed by atoms with Gasteiger partial charge in [0.25, 0.3) is 0 Å². The molecule has 0 saturated carbocycles. The highest BCUT2D eigenvalue weighted by atomic mass is 79.9. The maximum absolute atomic E-state index is 12.5. The van der Waals surface area contributed by atoms with Gasteiger partial charge in [0.15, 0.2) is 0 Å². The molecule has 0 unspecified atom stereocenters. The van der Waals surface area contributed by atoms with Crippen molar-refractivity contribution in [1.29, 1.82) is 0 Å². The van der Waals surface area contributed by atoms with Crippen LogP contribution in [0.2, 0.25) is 0 Å². The second-order valence-corrected chi connectivity index (χ2v) is 5.55. The van der Waals surface area contributed by atoms with Gasteiger partial charge in [0.05, 0.1) is 6.61 Å². The average Bonchev–Trinajstić information content (AvgIpc) is 2.37. The zero-order chi connectivity index (χ0) is 16.9. The first kappa shape index (κ1) is 18.5. The number of rotatable bonds is 5. The number of halogens is 4. The van der Waals surface area contributed by atoms with Crippen molar-refractivity contribution in [2.45, 2.75) is 17.5 Å². The lowest BCUT2D eigenvalue weighted by molar-refractivity contribution is -0.137.